The van der Waals surface area contributed by atoms with E-state index in [2.05, 4.69) is 42.0 Å². The fourth-order valence-corrected chi connectivity index (χ4v) is 4.85. The minimum absolute atomic E-state index is 1.07. The van der Waals surface area contributed by atoms with E-state index in [0.29, 0.717) is 0 Å². The average molecular weight is 335 g/mol. The van der Waals surface area contributed by atoms with Gasteiger partial charge in [-0.05, 0) is 50.2 Å². The summed E-state index contributed by atoms with van der Waals surface area (Å²) in [6, 6.07) is 9.03. The monoisotopic (exact) mass is 334 g/mol. The topological polar surface area (TPSA) is 3.88 Å². The van der Waals surface area contributed by atoms with E-state index in [4.69, 9.17) is 0 Å². The molecule has 2 aromatic rings. The molecule has 0 atom stereocenters. The highest BCUT2D eigenvalue weighted by molar-refractivity contribution is 5.68. The fourth-order valence-electron chi connectivity index (χ4n) is 4.85. The van der Waals surface area contributed by atoms with Crippen LogP contribution in [0.4, 0.5) is 0 Å². The first kappa shape index (κ1) is 16.8. The van der Waals surface area contributed by atoms with Crippen LogP contribution in [0.1, 0.15) is 80.5 Å². The molecule has 2 aliphatic rings. The van der Waals surface area contributed by atoms with Crippen LogP contribution in [0.15, 0.2) is 30.5 Å². The molecule has 4 rings (SSSR count). The molecule has 0 N–H and O–H groups in total. The number of unbranched alkanes of at least 4 members (excludes halogenated alkanes) is 5. The molecule has 0 fully saturated rings. The molecule has 25 heavy (non-hydrogen) atoms. The number of hydrogen-bond acceptors (Lipinski definition) is 0. The first-order chi connectivity index (χ1) is 12.4. The first-order valence-corrected chi connectivity index (χ1v) is 10.5. The van der Waals surface area contributed by atoms with Gasteiger partial charge in [0.15, 0.2) is 12.7 Å². The summed E-state index contributed by atoms with van der Waals surface area (Å²) in [6.07, 6.45) is 17.5. The zero-order valence-electron chi connectivity index (χ0n) is 15.8. The molecule has 0 radical (unpaired) electrons. The van der Waals surface area contributed by atoms with E-state index in [0.717, 1.165) is 6.54 Å². The Labute approximate surface area is 153 Å². The molecule has 0 unspecified atom stereocenters. The van der Waals surface area contributed by atoms with Gasteiger partial charge < -0.3 is 0 Å². The minimum atomic E-state index is 1.07. The summed E-state index contributed by atoms with van der Waals surface area (Å²) in [4.78, 5) is 0. The summed E-state index contributed by atoms with van der Waals surface area (Å²) in [5.41, 5.74) is 9.58. The molecule has 0 saturated carbocycles. The van der Waals surface area contributed by atoms with Gasteiger partial charge >= 0.3 is 0 Å². The zero-order valence-corrected chi connectivity index (χ0v) is 15.8. The largest absolute Gasteiger partial charge is 0.216 e. The summed E-state index contributed by atoms with van der Waals surface area (Å²) < 4.78 is 2.56. The summed E-state index contributed by atoms with van der Waals surface area (Å²) in [6.45, 7) is 3.37. The van der Waals surface area contributed by atoms with Gasteiger partial charge in [-0.3, -0.25) is 0 Å². The molecule has 2 heterocycles. The molecule has 1 aromatic carbocycles. The molecule has 0 amide bonds. The van der Waals surface area contributed by atoms with Crippen molar-refractivity contribution in [3.05, 3.63) is 52.7 Å². The third kappa shape index (κ3) is 3.38. The molecule has 0 bridgehead atoms. The van der Waals surface area contributed by atoms with E-state index < -0.39 is 0 Å². The van der Waals surface area contributed by atoms with Crippen molar-refractivity contribution in [2.45, 2.75) is 84.1 Å². The van der Waals surface area contributed by atoms with Crippen molar-refractivity contribution in [1.29, 1.82) is 0 Å². The first-order valence-electron chi connectivity index (χ1n) is 10.5. The third-order valence-electron chi connectivity index (χ3n) is 6.15. The second kappa shape index (κ2) is 7.72. The maximum atomic E-state index is 2.56. The van der Waals surface area contributed by atoms with Crippen LogP contribution in [0.2, 0.25) is 0 Å². The molecular weight excluding hydrogens is 302 g/mol. The van der Waals surface area contributed by atoms with Gasteiger partial charge in [0.1, 0.15) is 0 Å². The normalized spacial score (nSPS) is 14.9. The van der Waals surface area contributed by atoms with Gasteiger partial charge in [-0.15, -0.1) is 0 Å². The Bertz CT molecular complexity index is 744. The molecule has 1 heteroatoms. The number of pyridine rings is 1. The van der Waals surface area contributed by atoms with E-state index in [9.17, 15) is 0 Å². The summed E-state index contributed by atoms with van der Waals surface area (Å²) in [5.74, 6) is 0. The van der Waals surface area contributed by atoms with Crippen LogP contribution in [0.3, 0.4) is 0 Å². The van der Waals surface area contributed by atoms with Crippen molar-refractivity contribution in [3.63, 3.8) is 0 Å². The van der Waals surface area contributed by atoms with Crippen LogP contribution in [0.25, 0.3) is 11.3 Å². The molecular formula is C24H32N+. The predicted molar refractivity (Wildman–Crippen MR) is 105 cm³/mol. The number of hydrogen-bond donors (Lipinski definition) is 0. The number of rotatable bonds is 7. The molecule has 132 valence electrons. The molecule has 1 aliphatic heterocycles. The van der Waals surface area contributed by atoms with Crippen molar-refractivity contribution in [3.8, 4) is 11.3 Å². The Hall–Kier alpha value is -1.63. The highest BCUT2D eigenvalue weighted by Crippen LogP contribution is 2.36. The molecule has 1 aliphatic carbocycles. The van der Waals surface area contributed by atoms with Crippen molar-refractivity contribution in [2.75, 3.05) is 0 Å². The average Bonchev–Trinajstić information content (AvgIpc) is 3.03. The highest BCUT2D eigenvalue weighted by atomic mass is 15.0. The SMILES string of the molecule is CCCCCCCCc1c[n+]2c(c3c1CCCC3)-c1ccccc1C2. The van der Waals surface area contributed by atoms with Gasteiger partial charge in [-0.2, -0.15) is 4.57 Å². The number of nitrogens with zero attached hydrogens (tertiary/aromatic N) is 1. The predicted octanol–water partition coefficient (Wildman–Crippen LogP) is 5.78. The summed E-state index contributed by atoms with van der Waals surface area (Å²) >= 11 is 0. The van der Waals surface area contributed by atoms with Gasteiger partial charge in [0.2, 0.25) is 5.69 Å². The third-order valence-corrected chi connectivity index (χ3v) is 6.15. The zero-order chi connectivity index (χ0) is 17.1. The van der Waals surface area contributed by atoms with Gasteiger partial charge in [-0.25, -0.2) is 0 Å². The molecule has 0 spiro atoms. The van der Waals surface area contributed by atoms with Gasteiger partial charge in [0.25, 0.3) is 0 Å². The van der Waals surface area contributed by atoms with Crippen molar-refractivity contribution in [1.82, 2.24) is 0 Å². The van der Waals surface area contributed by atoms with E-state index >= 15 is 0 Å². The second-order valence-corrected chi connectivity index (χ2v) is 7.97. The van der Waals surface area contributed by atoms with Crippen LogP contribution in [0.5, 0.6) is 0 Å². The van der Waals surface area contributed by atoms with Gasteiger partial charge in [-0.1, -0.05) is 57.2 Å². The fraction of sp³-hybridized carbons (Fsp3) is 0.542. The van der Waals surface area contributed by atoms with E-state index in [1.165, 1.54) is 87.4 Å². The van der Waals surface area contributed by atoms with E-state index in [1.54, 1.807) is 16.7 Å². The smallest absolute Gasteiger partial charge is 0.193 e. The van der Waals surface area contributed by atoms with Crippen molar-refractivity contribution >= 4 is 0 Å². The van der Waals surface area contributed by atoms with Gasteiger partial charge in [0, 0.05) is 16.7 Å². The molecule has 1 aromatic heterocycles. The maximum absolute atomic E-state index is 2.56. The lowest BCUT2D eigenvalue weighted by Crippen LogP contribution is -2.35. The molecule has 0 saturated heterocycles. The Morgan fingerprint density at radius 3 is 2.52 bits per heavy atom. The maximum Gasteiger partial charge on any atom is 0.216 e. The number of fused-ring (bicyclic) bond motifs is 5. The van der Waals surface area contributed by atoms with Crippen molar-refractivity contribution < 1.29 is 4.57 Å². The summed E-state index contributed by atoms with van der Waals surface area (Å²) in [7, 11) is 0. The number of aromatic nitrogens is 1. The lowest BCUT2D eigenvalue weighted by molar-refractivity contribution is -0.672. The Morgan fingerprint density at radius 1 is 0.880 bits per heavy atom. The number of aryl methyl sites for hydroxylation is 1. The van der Waals surface area contributed by atoms with Crippen LogP contribution in [-0.2, 0) is 25.8 Å². The van der Waals surface area contributed by atoms with E-state index in [1.807, 2.05) is 0 Å². The Kier molecular flexibility index (Phi) is 5.20. The van der Waals surface area contributed by atoms with Gasteiger partial charge in [0.05, 0.1) is 5.56 Å². The number of benzene rings is 1. The van der Waals surface area contributed by atoms with Crippen LogP contribution < -0.4 is 4.57 Å². The van der Waals surface area contributed by atoms with Crippen LogP contribution in [-0.4, -0.2) is 0 Å². The van der Waals surface area contributed by atoms with Crippen LogP contribution in [0, 0.1) is 0 Å². The van der Waals surface area contributed by atoms with Crippen LogP contribution >= 0.6 is 0 Å². The molecule has 1 nitrogen and oxygen atoms in total. The quantitative estimate of drug-likeness (QED) is 0.380. The Morgan fingerprint density at radius 2 is 1.64 bits per heavy atom. The summed E-state index contributed by atoms with van der Waals surface area (Å²) in [5, 5.41) is 0. The van der Waals surface area contributed by atoms with E-state index in [-0.39, 0.29) is 0 Å². The lowest BCUT2D eigenvalue weighted by Gasteiger charge is -2.19. The second-order valence-electron chi connectivity index (χ2n) is 7.97. The minimum Gasteiger partial charge on any atom is -0.193 e. The Balaban J connectivity index is 1.57. The van der Waals surface area contributed by atoms with Crippen molar-refractivity contribution in [2.24, 2.45) is 0 Å². The highest BCUT2D eigenvalue weighted by Gasteiger charge is 2.32. The standard InChI is InChI=1S/C24H32N/c1-2-3-4-5-6-7-12-19-17-25-18-20-13-8-9-15-22(20)24(25)23-16-11-10-14-21(19)23/h8-9,13,15,17H,2-7,10-12,14,16,18H2,1H3/q+1. The lowest BCUT2D eigenvalue weighted by atomic mass is 9.85.